The number of ketones is 2. The summed E-state index contributed by atoms with van der Waals surface area (Å²) in [4.78, 5) is 74.9. The van der Waals surface area contributed by atoms with Crippen LogP contribution in [0.15, 0.2) is 47.2 Å². The molecule has 5 atom stereocenters. The largest absolute Gasteiger partial charge is 0.463 e. The van der Waals surface area contributed by atoms with Crippen LogP contribution in [-0.2, 0) is 47.6 Å². The molecule has 2 aliphatic rings. The minimum Gasteiger partial charge on any atom is -0.463 e. The van der Waals surface area contributed by atoms with Crippen molar-refractivity contribution in [1.29, 1.82) is 0 Å². The van der Waals surface area contributed by atoms with E-state index in [-0.39, 0.29) is 28.9 Å². The minimum absolute atomic E-state index is 0.0303. The van der Waals surface area contributed by atoms with Crippen LogP contribution in [0.4, 0.5) is 0 Å². The fourth-order valence-corrected chi connectivity index (χ4v) is 4.42. The van der Waals surface area contributed by atoms with Gasteiger partial charge in [0.1, 0.15) is 12.7 Å². The molecule has 1 aliphatic carbocycles. The quantitative estimate of drug-likeness (QED) is 0.242. The highest BCUT2D eigenvalue weighted by molar-refractivity contribution is 6.26. The van der Waals surface area contributed by atoms with Crippen molar-refractivity contribution in [3.05, 3.63) is 58.4 Å². The average Bonchev–Trinajstić information content (AvgIpc) is 2.88. The van der Waals surface area contributed by atoms with Gasteiger partial charge in [0.25, 0.3) is 0 Å². The van der Waals surface area contributed by atoms with Gasteiger partial charge < -0.3 is 28.4 Å². The van der Waals surface area contributed by atoms with Gasteiger partial charge in [-0.1, -0.05) is 35.9 Å². The highest BCUT2D eigenvalue weighted by atomic mass is 16.7. The number of carbonyl (C=O) groups excluding carboxylic acids is 6. The molecule has 3 rings (SSSR count). The van der Waals surface area contributed by atoms with Crippen molar-refractivity contribution in [2.24, 2.45) is 0 Å². The van der Waals surface area contributed by atoms with E-state index in [0.717, 1.165) is 33.3 Å². The Kier molecular flexibility index (Phi) is 10.2. The van der Waals surface area contributed by atoms with Crippen LogP contribution in [0, 0.1) is 0 Å². The summed E-state index contributed by atoms with van der Waals surface area (Å²) in [6.45, 7) is 7.58. The maximum absolute atomic E-state index is 13.6. The number of fused-ring (bicyclic) bond motifs is 1. The molecule has 12 nitrogen and oxygen atoms in total. The van der Waals surface area contributed by atoms with Gasteiger partial charge in [-0.3, -0.25) is 28.8 Å². The van der Waals surface area contributed by atoms with Gasteiger partial charge in [0, 0.05) is 38.8 Å². The zero-order valence-electron chi connectivity index (χ0n) is 23.6. The zero-order valence-corrected chi connectivity index (χ0v) is 23.6. The maximum atomic E-state index is 13.6. The van der Waals surface area contributed by atoms with Crippen LogP contribution in [0.2, 0.25) is 0 Å². The van der Waals surface area contributed by atoms with Crippen molar-refractivity contribution < 1.29 is 57.2 Å². The Balaban J connectivity index is 2.15. The van der Waals surface area contributed by atoms with Crippen molar-refractivity contribution in [2.45, 2.75) is 78.7 Å². The first kappa shape index (κ1) is 31.2. The molecule has 0 bridgehead atoms. The first-order valence-corrected chi connectivity index (χ1v) is 12.8. The van der Waals surface area contributed by atoms with Crippen LogP contribution in [0.1, 0.15) is 68.7 Å². The number of benzene rings is 1. The summed E-state index contributed by atoms with van der Waals surface area (Å²) < 4.78 is 33.3. The van der Waals surface area contributed by atoms with E-state index in [0.29, 0.717) is 0 Å². The Hall–Kier alpha value is -4.32. The highest BCUT2D eigenvalue weighted by Crippen LogP contribution is 2.35. The van der Waals surface area contributed by atoms with Gasteiger partial charge in [0.2, 0.25) is 18.2 Å². The monoisotopic (exact) mass is 572 g/mol. The molecular formula is C29H32O12. The predicted octanol–water partition coefficient (Wildman–Crippen LogP) is 2.78. The molecule has 0 N–H and O–H groups in total. The number of Topliss-reactive ketones (excluding diaryl/α,β-unsaturated/α-hetero) is 2. The third kappa shape index (κ3) is 7.66. The number of ether oxygens (including phenoxy) is 6. The second-order valence-electron chi connectivity index (χ2n) is 9.68. The third-order valence-corrected chi connectivity index (χ3v) is 6.07. The van der Waals surface area contributed by atoms with E-state index in [1.165, 1.54) is 12.1 Å². The highest BCUT2D eigenvalue weighted by Gasteiger charge is 2.54. The molecule has 12 heteroatoms. The molecule has 1 aromatic rings. The van der Waals surface area contributed by atoms with Crippen LogP contribution >= 0.6 is 0 Å². The molecule has 0 aromatic heterocycles. The van der Waals surface area contributed by atoms with Gasteiger partial charge >= 0.3 is 23.9 Å². The van der Waals surface area contributed by atoms with Crippen molar-refractivity contribution in [1.82, 2.24) is 0 Å². The van der Waals surface area contributed by atoms with E-state index in [9.17, 15) is 28.8 Å². The number of allylic oxidation sites excluding steroid dienone is 4. The lowest BCUT2D eigenvalue weighted by molar-refractivity contribution is -0.299. The van der Waals surface area contributed by atoms with E-state index >= 15 is 0 Å². The second-order valence-corrected chi connectivity index (χ2v) is 9.68. The Morgan fingerprint density at radius 1 is 0.756 bits per heavy atom. The van der Waals surface area contributed by atoms with Crippen LogP contribution in [0.3, 0.4) is 0 Å². The van der Waals surface area contributed by atoms with Crippen LogP contribution in [0.5, 0.6) is 0 Å². The zero-order chi connectivity index (χ0) is 30.4. The molecule has 0 unspecified atom stereocenters. The van der Waals surface area contributed by atoms with Gasteiger partial charge in [0.15, 0.2) is 23.8 Å². The van der Waals surface area contributed by atoms with E-state index in [2.05, 4.69) is 0 Å². The number of esters is 4. The van der Waals surface area contributed by atoms with Crippen molar-refractivity contribution in [2.75, 3.05) is 6.61 Å². The second kappa shape index (κ2) is 13.4. The van der Waals surface area contributed by atoms with Gasteiger partial charge in [-0.05, 0) is 20.3 Å². The lowest BCUT2D eigenvalue weighted by Crippen LogP contribution is -2.63. The Bertz CT molecular complexity index is 1300. The summed E-state index contributed by atoms with van der Waals surface area (Å²) in [5.41, 5.74) is 1.20. The van der Waals surface area contributed by atoms with E-state index in [1.54, 1.807) is 18.2 Å². The molecule has 1 heterocycles. The normalized spacial score (nSPS) is 23.6. The lowest BCUT2D eigenvalue weighted by atomic mass is 9.86. The first-order chi connectivity index (χ1) is 19.3. The van der Waals surface area contributed by atoms with Gasteiger partial charge in [-0.2, -0.15) is 0 Å². The van der Waals surface area contributed by atoms with E-state index in [1.807, 2.05) is 13.8 Å². The molecule has 0 amide bonds. The summed E-state index contributed by atoms with van der Waals surface area (Å²) in [7, 11) is 0. The molecule has 0 spiro atoms. The summed E-state index contributed by atoms with van der Waals surface area (Å²) >= 11 is 0. The molecule has 0 radical (unpaired) electrons. The Labute approximate surface area is 236 Å². The number of hydrogen-bond donors (Lipinski definition) is 0. The summed E-state index contributed by atoms with van der Waals surface area (Å²) in [6.07, 6.45) is -5.62. The molecule has 0 saturated carbocycles. The average molecular weight is 573 g/mol. The molecule has 1 aliphatic heterocycles. The summed E-state index contributed by atoms with van der Waals surface area (Å²) in [6, 6.07) is 6.23. The third-order valence-electron chi connectivity index (χ3n) is 6.07. The first-order valence-electron chi connectivity index (χ1n) is 12.8. The fraction of sp³-hybridized carbons (Fsp3) is 0.448. The van der Waals surface area contributed by atoms with E-state index < -0.39 is 72.8 Å². The van der Waals surface area contributed by atoms with Gasteiger partial charge in [-0.15, -0.1) is 0 Å². The van der Waals surface area contributed by atoms with Crippen molar-refractivity contribution in [3.8, 4) is 0 Å². The standard InChI is InChI=1S/C29H32O12/c1-14(2)11-12-21-23(34)19-9-7-8-10-20(19)24(35)25(21)41-29-28(39-18(6)33)27(38-17(5)32)26(37-16(4)31)22(40-29)13-36-15(3)30/h7-11,22,26-29H,12-13H2,1-6H3/t22-,26+,27+,28+,29+/m0/s1. The molecule has 220 valence electrons. The molecule has 1 aromatic carbocycles. The molecule has 41 heavy (non-hydrogen) atoms. The Morgan fingerprint density at radius 2 is 1.29 bits per heavy atom. The predicted molar refractivity (Wildman–Crippen MR) is 139 cm³/mol. The van der Waals surface area contributed by atoms with Gasteiger partial charge in [-0.25, -0.2) is 0 Å². The maximum Gasteiger partial charge on any atom is 0.303 e. The van der Waals surface area contributed by atoms with Crippen LogP contribution < -0.4 is 0 Å². The molecule has 1 saturated heterocycles. The smallest absolute Gasteiger partial charge is 0.303 e. The summed E-state index contributed by atoms with van der Waals surface area (Å²) in [5.74, 6) is -4.55. The Morgan fingerprint density at radius 3 is 1.83 bits per heavy atom. The number of rotatable bonds is 9. The molecule has 1 fully saturated rings. The van der Waals surface area contributed by atoms with Crippen molar-refractivity contribution in [3.63, 3.8) is 0 Å². The summed E-state index contributed by atoms with van der Waals surface area (Å²) in [5, 5.41) is 0. The molecular weight excluding hydrogens is 540 g/mol. The van der Waals surface area contributed by atoms with Crippen LogP contribution in [0.25, 0.3) is 0 Å². The van der Waals surface area contributed by atoms with Crippen molar-refractivity contribution >= 4 is 35.4 Å². The van der Waals surface area contributed by atoms with Gasteiger partial charge in [0.05, 0.1) is 5.57 Å². The fourth-order valence-electron chi connectivity index (χ4n) is 4.42. The van der Waals surface area contributed by atoms with Crippen LogP contribution in [-0.4, -0.2) is 72.8 Å². The minimum atomic E-state index is -1.66. The lowest BCUT2D eigenvalue weighted by Gasteiger charge is -2.44. The number of hydrogen-bond acceptors (Lipinski definition) is 12. The topological polar surface area (TPSA) is 158 Å². The number of carbonyl (C=O) groups is 6. The SMILES string of the molecule is CC(=O)OC[C@@H]1O[C@H](OC2=C(CC=C(C)C)C(=O)c3ccccc3C2=O)[C@H](OC(C)=O)[C@H](OC(C)=O)[C@@H]1OC(C)=O. The van der Waals surface area contributed by atoms with E-state index in [4.69, 9.17) is 28.4 Å².